The van der Waals surface area contributed by atoms with E-state index in [1.54, 1.807) is 10.7 Å². The van der Waals surface area contributed by atoms with Crippen molar-refractivity contribution in [2.45, 2.75) is 10.9 Å². The summed E-state index contributed by atoms with van der Waals surface area (Å²) in [5.74, 6) is 0.194. The number of thioether (sulfide) groups is 1. The third kappa shape index (κ3) is 3.03. The van der Waals surface area contributed by atoms with Crippen LogP contribution in [-0.2, 0) is 5.75 Å². The maximum absolute atomic E-state index is 13.2. The molecule has 1 aromatic heterocycles. The molecule has 0 unspecified atom stereocenters. The molecule has 2 N–H and O–H groups in total. The van der Waals surface area contributed by atoms with Crippen molar-refractivity contribution in [1.82, 2.24) is 20.2 Å². The zero-order chi connectivity index (χ0) is 14.7. The Hall–Kier alpha value is -2.41. The van der Waals surface area contributed by atoms with Crippen molar-refractivity contribution in [3.63, 3.8) is 0 Å². The number of hydrogen-bond donors (Lipinski definition) is 1. The van der Waals surface area contributed by atoms with Crippen molar-refractivity contribution in [3.05, 3.63) is 59.9 Å². The van der Waals surface area contributed by atoms with Crippen LogP contribution in [-0.4, -0.2) is 20.2 Å². The van der Waals surface area contributed by atoms with Gasteiger partial charge in [-0.2, -0.15) is 4.68 Å². The highest BCUT2D eigenvalue weighted by atomic mass is 32.2. The fraction of sp³-hybridized carbons (Fsp3) is 0.0714. The van der Waals surface area contributed by atoms with Gasteiger partial charge in [-0.3, -0.25) is 0 Å². The van der Waals surface area contributed by atoms with Gasteiger partial charge in [-0.15, -0.1) is 5.10 Å². The van der Waals surface area contributed by atoms with E-state index in [1.807, 2.05) is 30.3 Å². The number of hydrogen-bond acceptors (Lipinski definition) is 5. The summed E-state index contributed by atoms with van der Waals surface area (Å²) in [6.45, 7) is 0. The molecule has 0 saturated heterocycles. The molecule has 0 radical (unpaired) electrons. The first-order valence-corrected chi connectivity index (χ1v) is 7.23. The molecule has 1 heterocycles. The fourth-order valence-electron chi connectivity index (χ4n) is 1.84. The Kier molecular flexibility index (Phi) is 3.83. The number of tetrazole rings is 1. The standard InChI is InChI=1S/C14H12FN5S/c15-11-6-7-13(16)10(8-11)9-21-14-17-18-19-20(14)12-4-2-1-3-5-12/h1-8H,9,16H2. The molecule has 0 aliphatic heterocycles. The van der Waals surface area contributed by atoms with Gasteiger partial charge >= 0.3 is 0 Å². The van der Waals surface area contributed by atoms with E-state index in [9.17, 15) is 4.39 Å². The second-order valence-electron chi connectivity index (χ2n) is 4.34. The zero-order valence-electron chi connectivity index (χ0n) is 11.0. The van der Waals surface area contributed by atoms with Crippen LogP contribution in [0.4, 0.5) is 10.1 Å². The van der Waals surface area contributed by atoms with E-state index in [4.69, 9.17) is 5.73 Å². The first-order valence-electron chi connectivity index (χ1n) is 6.24. The molecule has 5 nitrogen and oxygen atoms in total. The van der Waals surface area contributed by atoms with E-state index in [0.29, 0.717) is 16.6 Å². The van der Waals surface area contributed by atoms with Gasteiger partial charge in [0.2, 0.25) is 5.16 Å². The summed E-state index contributed by atoms with van der Waals surface area (Å²) in [5, 5.41) is 12.3. The monoisotopic (exact) mass is 301 g/mol. The lowest BCUT2D eigenvalue weighted by atomic mass is 10.2. The SMILES string of the molecule is Nc1ccc(F)cc1CSc1nnnn1-c1ccccc1. The van der Waals surface area contributed by atoms with Gasteiger partial charge in [0.25, 0.3) is 0 Å². The third-order valence-corrected chi connectivity index (χ3v) is 3.87. The van der Waals surface area contributed by atoms with E-state index in [2.05, 4.69) is 15.5 Å². The van der Waals surface area contributed by atoms with Crippen molar-refractivity contribution in [2.75, 3.05) is 5.73 Å². The number of aromatic nitrogens is 4. The van der Waals surface area contributed by atoms with Gasteiger partial charge in [0.05, 0.1) is 5.69 Å². The quantitative estimate of drug-likeness (QED) is 0.592. The van der Waals surface area contributed by atoms with E-state index in [0.717, 1.165) is 11.3 Å². The first-order chi connectivity index (χ1) is 10.2. The number of para-hydroxylation sites is 1. The molecule has 0 aliphatic carbocycles. The Bertz CT molecular complexity index is 744. The van der Waals surface area contributed by atoms with Crippen LogP contribution in [0, 0.1) is 5.82 Å². The van der Waals surface area contributed by atoms with Gasteiger partial charge < -0.3 is 5.73 Å². The minimum atomic E-state index is -0.303. The topological polar surface area (TPSA) is 69.6 Å². The number of nitrogens with two attached hydrogens (primary N) is 1. The minimum Gasteiger partial charge on any atom is -0.398 e. The maximum atomic E-state index is 13.2. The van der Waals surface area contributed by atoms with Gasteiger partial charge in [-0.05, 0) is 46.3 Å². The van der Waals surface area contributed by atoms with Crippen LogP contribution in [0.5, 0.6) is 0 Å². The molecule has 0 saturated carbocycles. The van der Waals surface area contributed by atoms with Crippen LogP contribution in [0.3, 0.4) is 0 Å². The smallest absolute Gasteiger partial charge is 0.214 e. The van der Waals surface area contributed by atoms with Crippen molar-refractivity contribution in [1.29, 1.82) is 0 Å². The van der Waals surface area contributed by atoms with Crippen molar-refractivity contribution in [2.24, 2.45) is 0 Å². The van der Waals surface area contributed by atoms with Gasteiger partial charge in [-0.25, -0.2) is 4.39 Å². The molecular weight excluding hydrogens is 289 g/mol. The number of anilines is 1. The van der Waals surface area contributed by atoms with Crippen LogP contribution in [0.2, 0.25) is 0 Å². The number of nitrogens with zero attached hydrogens (tertiary/aromatic N) is 4. The molecule has 2 aromatic carbocycles. The number of rotatable bonds is 4. The summed E-state index contributed by atoms with van der Waals surface area (Å²) < 4.78 is 14.9. The summed E-state index contributed by atoms with van der Waals surface area (Å²) in [6.07, 6.45) is 0. The van der Waals surface area contributed by atoms with E-state index in [-0.39, 0.29) is 5.82 Å². The molecule has 0 spiro atoms. The molecule has 0 amide bonds. The lowest BCUT2D eigenvalue weighted by Gasteiger charge is -2.06. The second-order valence-corrected chi connectivity index (χ2v) is 5.28. The number of benzene rings is 2. The van der Waals surface area contributed by atoms with Crippen LogP contribution in [0.1, 0.15) is 5.56 Å². The minimum absolute atomic E-state index is 0.303. The van der Waals surface area contributed by atoms with Crippen molar-refractivity contribution >= 4 is 17.4 Å². The predicted molar refractivity (Wildman–Crippen MR) is 79.5 cm³/mol. The molecule has 21 heavy (non-hydrogen) atoms. The van der Waals surface area contributed by atoms with Crippen LogP contribution in [0.15, 0.2) is 53.7 Å². The summed E-state index contributed by atoms with van der Waals surface area (Å²) >= 11 is 1.40. The van der Waals surface area contributed by atoms with Crippen molar-refractivity contribution in [3.8, 4) is 5.69 Å². The number of halogens is 1. The van der Waals surface area contributed by atoms with Crippen LogP contribution in [0.25, 0.3) is 5.69 Å². The highest BCUT2D eigenvalue weighted by Crippen LogP contribution is 2.25. The van der Waals surface area contributed by atoms with E-state index >= 15 is 0 Å². The highest BCUT2D eigenvalue weighted by Gasteiger charge is 2.10. The molecule has 0 aliphatic rings. The zero-order valence-corrected chi connectivity index (χ0v) is 11.8. The van der Waals surface area contributed by atoms with E-state index < -0.39 is 0 Å². The van der Waals surface area contributed by atoms with Gasteiger partial charge in [0.15, 0.2) is 0 Å². The maximum Gasteiger partial charge on any atom is 0.214 e. The van der Waals surface area contributed by atoms with E-state index in [1.165, 1.54) is 23.9 Å². The Morgan fingerprint density at radius 2 is 1.95 bits per heavy atom. The largest absolute Gasteiger partial charge is 0.398 e. The summed E-state index contributed by atoms with van der Waals surface area (Å²) in [5.41, 5.74) is 7.99. The lowest BCUT2D eigenvalue weighted by Crippen LogP contribution is -1.99. The molecule has 0 atom stereocenters. The Morgan fingerprint density at radius 1 is 1.14 bits per heavy atom. The average Bonchev–Trinajstić information content (AvgIpc) is 2.97. The van der Waals surface area contributed by atoms with Crippen LogP contribution >= 0.6 is 11.8 Å². The molecule has 106 valence electrons. The predicted octanol–water partition coefficient (Wildman–Crippen LogP) is 2.68. The molecule has 0 bridgehead atoms. The van der Waals surface area contributed by atoms with Crippen molar-refractivity contribution < 1.29 is 4.39 Å². The molecule has 3 rings (SSSR count). The average molecular weight is 301 g/mol. The summed E-state index contributed by atoms with van der Waals surface area (Å²) in [6, 6.07) is 13.9. The Balaban J connectivity index is 1.81. The normalized spacial score (nSPS) is 10.7. The molecule has 7 heteroatoms. The molecular formula is C14H12FN5S. The molecule has 3 aromatic rings. The van der Waals surface area contributed by atoms with Gasteiger partial charge in [0.1, 0.15) is 5.82 Å². The van der Waals surface area contributed by atoms with Crippen LogP contribution < -0.4 is 5.73 Å². The van der Waals surface area contributed by atoms with Gasteiger partial charge in [-0.1, -0.05) is 30.0 Å². The summed E-state index contributed by atoms with van der Waals surface area (Å²) in [7, 11) is 0. The Morgan fingerprint density at radius 3 is 2.76 bits per heavy atom. The highest BCUT2D eigenvalue weighted by molar-refractivity contribution is 7.98. The fourth-order valence-corrected chi connectivity index (χ4v) is 2.73. The third-order valence-electron chi connectivity index (χ3n) is 2.90. The first kappa shape index (κ1) is 13.6. The molecule has 0 fully saturated rings. The van der Waals surface area contributed by atoms with Gasteiger partial charge in [0, 0.05) is 11.4 Å². The number of nitrogen functional groups attached to an aromatic ring is 1. The lowest BCUT2D eigenvalue weighted by molar-refractivity contribution is 0.627. The second kappa shape index (κ2) is 5.92. The Labute approximate surface area is 125 Å². The summed E-state index contributed by atoms with van der Waals surface area (Å²) in [4.78, 5) is 0.